The van der Waals surface area contributed by atoms with Crippen molar-refractivity contribution in [2.75, 3.05) is 11.1 Å². The van der Waals surface area contributed by atoms with E-state index in [4.69, 9.17) is 23.1 Å². The van der Waals surface area contributed by atoms with Gasteiger partial charge in [-0.05, 0) is 30.9 Å². The van der Waals surface area contributed by atoms with Crippen molar-refractivity contribution in [1.82, 2.24) is 0 Å². The number of hydrogen-bond acceptors (Lipinski definition) is 3. The number of hydrogen-bond donors (Lipinski definition) is 3. The van der Waals surface area contributed by atoms with Gasteiger partial charge in [0.25, 0.3) is 5.91 Å². The molecule has 0 spiro atoms. The molecule has 1 aromatic carbocycles. The van der Waals surface area contributed by atoms with E-state index in [1.807, 2.05) is 0 Å². The predicted molar refractivity (Wildman–Crippen MR) is 79.4 cm³/mol. The van der Waals surface area contributed by atoms with E-state index in [1.54, 1.807) is 12.1 Å². The third-order valence-corrected chi connectivity index (χ3v) is 3.83. The second-order valence-electron chi connectivity index (χ2n) is 5.22. The van der Waals surface area contributed by atoms with Gasteiger partial charge in [0.05, 0.1) is 16.3 Å². The van der Waals surface area contributed by atoms with Gasteiger partial charge in [0, 0.05) is 11.7 Å². The average molecular weight is 282 g/mol. The molecular weight excluding hydrogens is 262 g/mol. The van der Waals surface area contributed by atoms with E-state index in [9.17, 15) is 4.79 Å². The van der Waals surface area contributed by atoms with Crippen LogP contribution in [-0.2, 0) is 0 Å². The van der Waals surface area contributed by atoms with E-state index >= 15 is 0 Å². The van der Waals surface area contributed by atoms with E-state index < -0.39 is 5.91 Å². The molecule has 0 saturated heterocycles. The van der Waals surface area contributed by atoms with E-state index in [-0.39, 0.29) is 0 Å². The van der Waals surface area contributed by atoms with Crippen molar-refractivity contribution >= 4 is 28.9 Å². The second kappa shape index (κ2) is 5.70. The van der Waals surface area contributed by atoms with Gasteiger partial charge in [-0.2, -0.15) is 0 Å². The summed E-state index contributed by atoms with van der Waals surface area (Å²) in [4.78, 5) is 11.5. The molecular formula is C14H20ClN3O. The van der Waals surface area contributed by atoms with Crippen LogP contribution in [-0.4, -0.2) is 11.9 Å². The fourth-order valence-corrected chi connectivity index (χ4v) is 2.54. The van der Waals surface area contributed by atoms with Crippen LogP contribution in [0.15, 0.2) is 12.1 Å². The lowest BCUT2D eigenvalue weighted by atomic mass is 10.1. The van der Waals surface area contributed by atoms with Crippen molar-refractivity contribution in [1.29, 1.82) is 0 Å². The van der Waals surface area contributed by atoms with Gasteiger partial charge in [-0.3, -0.25) is 4.79 Å². The molecule has 1 saturated carbocycles. The minimum Gasteiger partial charge on any atom is -0.399 e. The molecule has 19 heavy (non-hydrogen) atoms. The van der Waals surface area contributed by atoms with Crippen molar-refractivity contribution in [2.24, 2.45) is 11.7 Å². The maximum atomic E-state index is 11.5. The molecule has 5 N–H and O–H groups in total. The van der Waals surface area contributed by atoms with Gasteiger partial charge in [-0.1, -0.05) is 31.4 Å². The lowest BCUT2D eigenvalue weighted by molar-refractivity contribution is 0.100. The minimum absolute atomic E-state index is 0.312. The van der Waals surface area contributed by atoms with Crippen LogP contribution in [0.25, 0.3) is 0 Å². The highest BCUT2D eigenvalue weighted by atomic mass is 35.5. The summed E-state index contributed by atoms with van der Waals surface area (Å²) in [5.74, 6) is 0.292. The largest absolute Gasteiger partial charge is 0.399 e. The highest BCUT2D eigenvalue weighted by Gasteiger charge is 2.25. The van der Waals surface area contributed by atoms with Crippen LogP contribution >= 0.6 is 11.6 Å². The van der Waals surface area contributed by atoms with Crippen LogP contribution in [0.2, 0.25) is 5.02 Å². The molecule has 0 bridgehead atoms. The molecule has 1 atom stereocenters. The first-order chi connectivity index (χ1) is 9.01. The first-order valence-corrected chi connectivity index (χ1v) is 7.04. The third kappa shape index (κ3) is 3.53. The Morgan fingerprint density at radius 2 is 2.21 bits per heavy atom. The maximum absolute atomic E-state index is 11.5. The molecule has 0 heterocycles. The Morgan fingerprint density at radius 1 is 1.53 bits per heavy atom. The van der Waals surface area contributed by atoms with E-state index in [0.29, 0.717) is 28.0 Å². The van der Waals surface area contributed by atoms with E-state index in [0.717, 1.165) is 18.8 Å². The summed E-state index contributed by atoms with van der Waals surface area (Å²) >= 11 is 6.18. The molecule has 4 nitrogen and oxygen atoms in total. The zero-order valence-electron chi connectivity index (χ0n) is 11.1. The summed E-state index contributed by atoms with van der Waals surface area (Å²) in [6.45, 7) is 2.12. The molecule has 1 unspecified atom stereocenters. The fraction of sp³-hybridized carbons (Fsp3) is 0.500. The number of carbonyl (C=O) groups is 1. The fourth-order valence-electron chi connectivity index (χ4n) is 2.26. The van der Waals surface area contributed by atoms with Gasteiger partial charge in [-0.25, -0.2) is 0 Å². The van der Waals surface area contributed by atoms with Gasteiger partial charge in [0.15, 0.2) is 0 Å². The Labute approximate surface area is 118 Å². The van der Waals surface area contributed by atoms with Crippen LogP contribution in [0.3, 0.4) is 0 Å². The quantitative estimate of drug-likeness (QED) is 0.701. The number of rotatable bonds is 6. The SMILES string of the molecule is CCC(CC1CC1)Nc1c(Cl)cc(N)cc1C(N)=O. The molecule has 1 aliphatic carbocycles. The molecule has 104 valence electrons. The number of primary amides is 1. The molecule has 0 aromatic heterocycles. The molecule has 0 radical (unpaired) electrons. The zero-order valence-corrected chi connectivity index (χ0v) is 11.8. The Kier molecular flexibility index (Phi) is 4.20. The van der Waals surface area contributed by atoms with Gasteiger partial charge < -0.3 is 16.8 Å². The second-order valence-corrected chi connectivity index (χ2v) is 5.63. The van der Waals surface area contributed by atoms with Gasteiger partial charge >= 0.3 is 0 Å². The van der Waals surface area contributed by atoms with Crippen molar-refractivity contribution in [3.8, 4) is 0 Å². The number of nitrogen functional groups attached to an aromatic ring is 1. The number of benzene rings is 1. The topological polar surface area (TPSA) is 81.1 Å². The van der Waals surface area contributed by atoms with Crippen molar-refractivity contribution < 1.29 is 4.79 Å². The lowest BCUT2D eigenvalue weighted by Gasteiger charge is -2.21. The maximum Gasteiger partial charge on any atom is 0.250 e. The van der Waals surface area contributed by atoms with Crippen molar-refractivity contribution in [3.05, 3.63) is 22.7 Å². The van der Waals surface area contributed by atoms with Crippen LogP contribution in [0.4, 0.5) is 11.4 Å². The zero-order chi connectivity index (χ0) is 14.0. The molecule has 0 aliphatic heterocycles. The Bertz CT molecular complexity index is 486. The Hall–Kier alpha value is -1.42. The number of nitrogens with one attached hydrogen (secondary N) is 1. The summed E-state index contributed by atoms with van der Waals surface area (Å²) in [5, 5.41) is 3.80. The normalized spacial score (nSPS) is 16.1. The van der Waals surface area contributed by atoms with Gasteiger partial charge in [0.1, 0.15) is 0 Å². The van der Waals surface area contributed by atoms with Crippen molar-refractivity contribution in [2.45, 2.75) is 38.6 Å². The van der Waals surface area contributed by atoms with Crippen LogP contribution in [0.1, 0.15) is 43.0 Å². The minimum atomic E-state index is -0.516. The van der Waals surface area contributed by atoms with Crippen LogP contribution in [0, 0.1) is 5.92 Å². The Morgan fingerprint density at radius 3 is 2.74 bits per heavy atom. The van der Waals surface area contributed by atoms with Gasteiger partial charge in [0.2, 0.25) is 0 Å². The number of nitrogens with two attached hydrogens (primary N) is 2. The lowest BCUT2D eigenvalue weighted by Crippen LogP contribution is -2.23. The monoisotopic (exact) mass is 281 g/mol. The molecule has 1 aliphatic rings. The van der Waals surface area contributed by atoms with Crippen LogP contribution < -0.4 is 16.8 Å². The van der Waals surface area contributed by atoms with Crippen LogP contribution in [0.5, 0.6) is 0 Å². The summed E-state index contributed by atoms with van der Waals surface area (Å²) in [7, 11) is 0. The highest BCUT2D eigenvalue weighted by molar-refractivity contribution is 6.34. The Balaban J connectivity index is 2.23. The molecule has 5 heteroatoms. The number of carbonyl (C=O) groups excluding carboxylic acids is 1. The third-order valence-electron chi connectivity index (χ3n) is 3.53. The number of halogens is 1. The molecule has 1 aromatic rings. The first kappa shape index (κ1) is 14.0. The number of amides is 1. The predicted octanol–water partition coefficient (Wildman–Crippen LogP) is 3.01. The standard InChI is InChI=1S/C14H20ClN3O/c1-2-10(5-8-3-4-8)18-13-11(14(17)19)6-9(16)7-12(13)15/h6-8,10,18H,2-5,16H2,1H3,(H2,17,19). The average Bonchev–Trinajstić information content (AvgIpc) is 3.14. The summed E-state index contributed by atoms with van der Waals surface area (Å²) in [6.07, 6.45) is 4.69. The van der Waals surface area contributed by atoms with E-state index in [2.05, 4.69) is 12.2 Å². The smallest absolute Gasteiger partial charge is 0.250 e. The summed E-state index contributed by atoms with van der Waals surface area (Å²) in [6, 6.07) is 3.52. The highest BCUT2D eigenvalue weighted by Crippen LogP contribution is 2.36. The molecule has 1 amide bonds. The molecule has 1 fully saturated rings. The molecule has 2 rings (SSSR count). The number of anilines is 2. The summed E-state index contributed by atoms with van der Waals surface area (Å²) < 4.78 is 0. The first-order valence-electron chi connectivity index (χ1n) is 6.66. The van der Waals surface area contributed by atoms with Crippen molar-refractivity contribution in [3.63, 3.8) is 0 Å². The van der Waals surface area contributed by atoms with E-state index in [1.165, 1.54) is 12.8 Å². The summed E-state index contributed by atoms with van der Waals surface area (Å²) in [5.41, 5.74) is 12.5. The van der Waals surface area contributed by atoms with Gasteiger partial charge in [-0.15, -0.1) is 0 Å².